The van der Waals surface area contributed by atoms with Gasteiger partial charge in [0.05, 0.1) is 16.4 Å². The standard InChI is InChI=1S/C9H13ClN2O/c1-6(2)9-8(10)7(4-5-13)12(3)11-9/h5-6H,4H2,1-3H3. The first-order valence-corrected chi connectivity index (χ1v) is 4.60. The zero-order valence-corrected chi connectivity index (χ0v) is 8.80. The number of aryl methyl sites for hydroxylation is 1. The van der Waals surface area contributed by atoms with Gasteiger partial charge in [0.2, 0.25) is 0 Å². The smallest absolute Gasteiger partial charge is 0.125 e. The lowest BCUT2D eigenvalue weighted by molar-refractivity contribution is -0.107. The number of hydrogen-bond donors (Lipinski definition) is 0. The second-order valence-corrected chi connectivity index (χ2v) is 3.67. The molecule has 0 bridgehead atoms. The molecule has 1 aromatic heterocycles. The monoisotopic (exact) mass is 200 g/mol. The molecule has 0 saturated carbocycles. The normalized spacial score (nSPS) is 10.8. The van der Waals surface area contributed by atoms with Crippen LogP contribution in [0.3, 0.4) is 0 Å². The molecule has 0 amide bonds. The fourth-order valence-electron chi connectivity index (χ4n) is 1.23. The minimum atomic E-state index is 0.291. The first kappa shape index (κ1) is 10.3. The van der Waals surface area contributed by atoms with Crippen LogP contribution in [0.4, 0.5) is 0 Å². The summed E-state index contributed by atoms with van der Waals surface area (Å²) in [7, 11) is 1.80. The van der Waals surface area contributed by atoms with Crippen LogP contribution in [-0.2, 0) is 18.3 Å². The van der Waals surface area contributed by atoms with Gasteiger partial charge in [0, 0.05) is 13.5 Å². The van der Waals surface area contributed by atoms with E-state index in [9.17, 15) is 4.79 Å². The van der Waals surface area contributed by atoms with E-state index in [0.29, 0.717) is 17.4 Å². The van der Waals surface area contributed by atoms with Gasteiger partial charge in [0.1, 0.15) is 6.29 Å². The van der Waals surface area contributed by atoms with E-state index < -0.39 is 0 Å². The molecule has 0 unspecified atom stereocenters. The van der Waals surface area contributed by atoms with Gasteiger partial charge in [0.15, 0.2) is 0 Å². The second kappa shape index (κ2) is 3.92. The van der Waals surface area contributed by atoms with Crippen LogP contribution in [-0.4, -0.2) is 16.1 Å². The number of aromatic nitrogens is 2. The Balaban J connectivity index is 3.13. The van der Waals surface area contributed by atoms with Crippen LogP contribution >= 0.6 is 11.6 Å². The Hall–Kier alpha value is -0.830. The summed E-state index contributed by atoms with van der Waals surface area (Å²) >= 11 is 6.06. The van der Waals surface area contributed by atoms with Crippen LogP contribution in [0.1, 0.15) is 31.2 Å². The van der Waals surface area contributed by atoms with Crippen LogP contribution in [0.2, 0.25) is 5.02 Å². The minimum Gasteiger partial charge on any atom is -0.303 e. The van der Waals surface area contributed by atoms with E-state index in [1.807, 2.05) is 13.8 Å². The zero-order chi connectivity index (χ0) is 10.0. The molecule has 1 aromatic rings. The van der Waals surface area contributed by atoms with Gasteiger partial charge in [-0.15, -0.1) is 0 Å². The lowest BCUT2D eigenvalue weighted by Crippen LogP contribution is -1.99. The van der Waals surface area contributed by atoms with Crippen molar-refractivity contribution in [2.45, 2.75) is 26.2 Å². The molecule has 0 fully saturated rings. The van der Waals surface area contributed by atoms with Gasteiger partial charge in [-0.05, 0) is 5.92 Å². The number of halogens is 1. The topological polar surface area (TPSA) is 34.9 Å². The summed E-state index contributed by atoms with van der Waals surface area (Å²) in [5, 5.41) is 4.88. The fourth-order valence-corrected chi connectivity index (χ4v) is 1.68. The van der Waals surface area contributed by atoms with E-state index in [1.54, 1.807) is 11.7 Å². The molecular weight excluding hydrogens is 188 g/mol. The van der Waals surface area contributed by atoms with Crippen LogP contribution in [0.15, 0.2) is 0 Å². The van der Waals surface area contributed by atoms with Crippen LogP contribution < -0.4 is 0 Å². The van der Waals surface area contributed by atoms with Gasteiger partial charge in [-0.25, -0.2) is 0 Å². The third kappa shape index (κ3) is 1.91. The fraction of sp³-hybridized carbons (Fsp3) is 0.556. The molecule has 4 heteroatoms. The second-order valence-electron chi connectivity index (χ2n) is 3.30. The summed E-state index contributed by atoms with van der Waals surface area (Å²) in [5.41, 5.74) is 1.65. The maximum atomic E-state index is 10.4. The van der Waals surface area contributed by atoms with Crippen molar-refractivity contribution >= 4 is 17.9 Å². The third-order valence-corrected chi connectivity index (χ3v) is 2.36. The minimum absolute atomic E-state index is 0.291. The number of carbonyl (C=O) groups excluding carboxylic acids is 1. The Labute approximate surface area is 82.7 Å². The molecule has 72 valence electrons. The van der Waals surface area contributed by atoms with Gasteiger partial charge >= 0.3 is 0 Å². The summed E-state index contributed by atoms with van der Waals surface area (Å²) < 4.78 is 1.67. The van der Waals surface area contributed by atoms with Gasteiger partial charge in [-0.2, -0.15) is 5.10 Å². The predicted molar refractivity (Wildman–Crippen MR) is 52.1 cm³/mol. The van der Waals surface area contributed by atoms with E-state index in [2.05, 4.69) is 5.10 Å². The summed E-state index contributed by atoms with van der Waals surface area (Å²) in [5.74, 6) is 0.291. The molecule has 0 N–H and O–H groups in total. The van der Waals surface area contributed by atoms with E-state index in [1.165, 1.54) is 0 Å². The summed E-state index contributed by atoms with van der Waals surface area (Å²) in [6.45, 7) is 4.05. The van der Waals surface area contributed by atoms with Crippen LogP contribution in [0.5, 0.6) is 0 Å². The zero-order valence-electron chi connectivity index (χ0n) is 8.04. The lowest BCUT2D eigenvalue weighted by Gasteiger charge is -1.98. The Morgan fingerprint density at radius 3 is 2.62 bits per heavy atom. The molecule has 0 saturated heterocycles. The van der Waals surface area contributed by atoms with Crippen molar-refractivity contribution in [3.63, 3.8) is 0 Å². The summed E-state index contributed by atoms with van der Waals surface area (Å²) in [4.78, 5) is 10.4. The van der Waals surface area contributed by atoms with Crippen molar-refractivity contribution in [2.24, 2.45) is 7.05 Å². The maximum absolute atomic E-state index is 10.4. The average Bonchev–Trinajstić information content (AvgIpc) is 2.32. The largest absolute Gasteiger partial charge is 0.303 e. The Morgan fingerprint density at radius 1 is 1.62 bits per heavy atom. The number of carbonyl (C=O) groups is 1. The van der Waals surface area contributed by atoms with E-state index in [-0.39, 0.29) is 0 Å². The molecule has 0 aliphatic rings. The first-order valence-electron chi connectivity index (χ1n) is 4.22. The number of rotatable bonds is 3. The molecule has 0 aliphatic heterocycles. The van der Waals surface area contributed by atoms with Crippen molar-refractivity contribution in [1.82, 2.24) is 9.78 Å². The van der Waals surface area contributed by atoms with Gasteiger partial charge in [-0.3, -0.25) is 4.68 Å². The van der Waals surface area contributed by atoms with Crippen molar-refractivity contribution < 1.29 is 4.79 Å². The molecule has 0 radical (unpaired) electrons. The van der Waals surface area contributed by atoms with Crippen LogP contribution in [0, 0.1) is 0 Å². The number of nitrogens with zero attached hydrogens (tertiary/aromatic N) is 2. The quantitative estimate of drug-likeness (QED) is 0.699. The van der Waals surface area contributed by atoms with E-state index in [0.717, 1.165) is 17.7 Å². The van der Waals surface area contributed by atoms with Crippen LogP contribution in [0.25, 0.3) is 0 Å². The Kier molecular flexibility index (Phi) is 3.09. The highest BCUT2D eigenvalue weighted by atomic mass is 35.5. The molecule has 1 heterocycles. The highest BCUT2D eigenvalue weighted by Crippen LogP contribution is 2.26. The Morgan fingerprint density at radius 2 is 2.23 bits per heavy atom. The Bertz CT molecular complexity index is 318. The van der Waals surface area contributed by atoms with E-state index in [4.69, 9.17) is 11.6 Å². The average molecular weight is 201 g/mol. The third-order valence-electron chi connectivity index (χ3n) is 1.95. The SMILES string of the molecule is CC(C)c1nn(C)c(CC=O)c1Cl. The van der Waals surface area contributed by atoms with Crippen molar-refractivity contribution in [3.05, 3.63) is 16.4 Å². The van der Waals surface area contributed by atoms with Gasteiger partial charge in [0.25, 0.3) is 0 Å². The van der Waals surface area contributed by atoms with E-state index >= 15 is 0 Å². The molecule has 1 rings (SSSR count). The summed E-state index contributed by atoms with van der Waals surface area (Å²) in [6, 6.07) is 0. The predicted octanol–water partition coefficient (Wildman–Crippen LogP) is 1.94. The number of hydrogen-bond acceptors (Lipinski definition) is 2. The van der Waals surface area contributed by atoms with Crippen molar-refractivity contribution in [3.8, 4) is 0 Å². The van der Waals surface area contributed by atoms with Crippen molar-refractivity contribution in [1.29, 1.82) is 0 Å². The first-order chi connectivity index (χ1) is 6.07. The molecule has 0 aliphatic carbocycles. The molecule has 0 spiro atoms. The maximum Gasteiger partial charge on any atom is 0.125 e. The highest BCUT2D eigenvalue weighted by Gasteiger charge is 2.15. The molecule has 13 heavy (non-hydrogen) atoms. The molecule has 0 atom stereocenters. The molecule has 0 aromatic carbocycles. The summed E-state index contributed by atoms with van der Waals surface area (Å²) in [6.07, 6.45) is 1.17. The molecular formula is C9H13ClN2O. The van der Waals surface area contributed by atoms with Gasteiger partial charge < -0.3 is 4.79 Å². The van der Waals surface area contributed by atoms with Crippen molar-refractivity contribution in [2.75, 3.05) is 0 Å². The lowest BCUT2D eigenvalue weighted by atomic mass is 10.1. The highest BCUT2D eigenvalue weighted by molar-refractivity contribution is 6.32. The molecule has 3 nitrogen and oxygen atoms in total. The van der Waals surface area contributed by atoms with Gasteiger partial charge in [-0.1, -0.05) is 25.4 Å². The number of aldehydes is 1.